The van der Waals surface area contributed by atoms with Crippen molar-refractivity contribution in [3.05, 3.63) is 58.1 Å². The molecule has 0 bridgehead atoms. The van der Waals surface area contributed by atoms with Crippen LogP contribution in [0.1, 0.15) is 31.7 Å². The molecule has 1 heterocycles. The number of nitro benzene ring substituents is 1. The normalized spacial score (nSPS) is 14.1. The summed E-state index contributed by atoms with van der Waals surface area (Å²) in [5, 5.41) is 20.3. The molecular weight excluding hydrogens is 416 g/mol. The Labute approximate surface area is 185 Å². The highest BCUT2D eigenvalue weighted by Gasteiger charge is 2.29. The lowest BCUT2D eigenvalue weighted by Gasteiger charge is -2.32. The fourth-order valence-electron chi connectivity index (χ4n) is 3.70. The van der Waals surface area contributed by atoms with Crippen molar-refractivity contribution in [1.82, 2.24) is 0 Å². The van der Waals surface area contributed by atoms with Crippen LogP contribution < -0.4 is 9.64 Å². The molecule has 0 aromatic heterocycles. The summed E-state index contributed by atoms with van der Waals surface area (Å²) in [4.78, 5) is 35.7. The second-order valence-corrected chi connectivity index (χ2v) is 7.56. The lowest BCUT2D eigenvalue weighted by Crippen LogP contribution is -2.37. The van der Waals surface area contributed by atoms with E-state index < -0.39 is 10.9 Å². The van der Waals surface area contributed by atoms with Crippen LogP contribution in [0.15, 0.2) is 42.5 Å². The van der Waals surface area contributed by atoms with E-state index in [1.54, 1.807) is 43.3 Å². The Morgan fingerprint density at radius 1 is 1.12 bits per heavy atom. The van der Waals surface area contributed by atoms with E-state index >= 15 is 0 Å². The summed E-state index contributed by atoms with van der Waals surface area (Å²) in [6, 6.07) is 11.7. The molecule has 0 unspecified atom stereocenters. The number of ether oxygens (including phenoxy) is 2. The zero-order chi connectivity index (χ0) is 23.1. The van der Waals surface area contributed by atoms with Crippen LogP contribution in [0.3, 0.4) is 0 Å². The van der Waals surface area contributed by atoms with Crippen LogP contribution in [0, 0.1) is 16.0 Å². The number of benzene rings is 2. The number of carbonyl (C=O) groups excluding carboxylic acids is 1. The minimum atomic E-state index is -0.852. The predicted molar refractivity (Wildman–Crippen MR) is 117 cm³/mol. The van der Waals surface area contributed by atoms with Crippen LogP contribution >= 0.6 is 0 Å². The Morgan fingerprint density at radius 3 is 2.38 bits per heavy atom. The van der Waals surface area contributed by atoms with Gasteiger partial charge < -0.3 is 19.5 Å². The minimum Gasteiger partial charge on any atom is -0.481 e. The lowest BCUT2D eigenvalue weighted by molar-refractivity contribution is -0.384. The standard InChI is InChI=1S/C23H26N2O7/c1-2-31-23(28)17-11-13-24(14-12-17)21-15-19(8-9-20(21)25(29)30)32-18-6-3-16(4-7-18)5-10-22(26)27/h3-4,6-9,15,17H,2,5,10-14H2,1H3,(H,26,27). The molecule has 1 N–H and O–H groups in total. The molecule has 0 atom stereocenters. The van der Waals surface area contributed by atoms with Crippen molar-refractivity contribution >= 4 is 23.3 Å². The van der Waals surface area contributed by atoms with Crippen LogP contribution in [-0.2, 0) is 20.7 Å². The molecular formula is C23H26N2O7. The van der Waals surface area contributed by atoms with Gasteiger partial charge in [0, 0.05) is 31.6 Å². The summed E-state index contributed by atoms with van der Waals surface area (Å²) >= 11 is 0. The molecule has 2 aromatic rings. The first-order valence-electron chi connectivity index (χ1n) is 10.6. The summed E-state index contributed by atoms with van der Waals surface area (Å²) in [6.45, 7) is 3.12. The van der Waals surface area contributed by atoms with Gasteiger partial charge in [0.2, 0.25) is 0 Å². The number of esters is 1. The molecule has 9 nitrogen and oxygen atoms in total. The zero-order valence-corrected chi connectivity index (χ0v) is 17.9. The molecule has 170 valence electrons. The molecule has 32 heavy (non-hydrogen) atoms. The van der Waals surface area contributed by atoms with Gasteiger partial charge >= 0.3 is 11.9 Å². The Morgan fingerprint density at radius 2 is 1.78 bits per heavy atom. The van der Waals surface area contributed by atoms with Crippen molar-refractivity contribution < 1.29 is 29.1 Å². The van der Waals surface area contributed by atoms with Crippen molar-refractivity contribution in [2.45, 2.75) is 32.6 Å². The van der Waals surface area contributed by atoms with E-state index in [1.807, 2.05) is 4.90 Å². The highest BCUT2D eigenvalue weighted by Crippen LogP contribution is 2.36. The number of nitro groups is 1. The second kappa shape index (κ2) is 10.6. The van der Waals surface area contributed by atoms with Crippen molar-refractivity contribution in [2.24, 2.45) is 5.92 Å². The maximum absolute atomic E-state index is 12.0. The van der Waals surface area contributed by atoms with E-state index in [2.05, 4.69) is 0 Å². The number of anilines is 1. The zero-order valence-electron chi connectivity index (χ0n) is 17.9. The molecule has 0 radical (unpaired) electrons. The van der Waals surface area contributed by atoms with Crippen molar-refractivity contribution in [1.29, 1.82) is 0 Å². The van der Waals surface area contributed by atoms with Crippen LogP contribution in [0.2, 0.25) is 0 Å². The van der Waals surface area contributed by atoms with Gasteiger partial charge in [0.25, 0.3) is 5.69 Å². The SMILES string of the molecule is CCOC(=O)C1CCN(c2cc(Oc3ccc(CCC(=O)O)cc3)ccc2[N+](=O)[O-])CC1. The number of hydrogen-bond donors (Lipinski definition) is 1. The van der Waals surface area contributed by atoms with Crippen molar-refractivity contribution in [3.63, 3.8) is 0 Å². The van der Waals surface area contributed by atoms with E-state index in [0.29, 0.717) is 56.1 Å². The molecule has 1 fully saturated rings. The van der Waals surface area contributed by atoms with Crippen LogP contribution in [-0.4, -0.2) is 41.7 Å². The first-order valence-corrected chi connectivity index (χ1v) is 10.6. The van der Waals surface area contributed by atoms with Gasteiger partial charge in [-0.3, -0.25) is 19.7 Å². The summed E-state index contributed by atoms with van der Waals surface area (Å²) in [5.74, 6) is -0.258. The highest BCUT2D eigenvalue weighted by atomic mass is 16.6. The number of piperidine rings is 1. The quantitative estimate of drug-likeness (QED) is 0.349. The third-order valence-electron chi connectivity index (χ3n) is 5.39. The summed E-state index contributed by atoms with van der Waals surface area (Å²) < 4.78 is 11.0. The van der Waals surface area contributed by atoms with Gasteiger partial charge in [0.15, 0.2) is 0 Å². The number of carboxylic acid groups (broad SMARTS) is 1. The third-order valence-corrected chi connectivity index (χ3v) is 5.39. The summed E-state index contributed by atoms with van der Waals surface area (Å²) in [6.07, 6.45) is 1.62. The number of carboxylic acids is 1. The van der Waals surface area contributed by atoms with E-state index in [-0.39, 0.29) is 24.0 Å². The molecule has 0 spiro atoms. The Kier molecular flexibility index (Phi) is 7.64. The fraction of sp³-hybridized carbons (Fsp3) is 0.391. The number of aliphatic carboxylic acids is 1. The molecule has 9 heteroatoms. The number of nitrogens with zero attached hydrogens (tertiary/aromatic N) is 2. The number of hydrogen-bond acceptors (Lipinski definition) is 7. The lowest BCUT2D eigenvalue weighted by atomic mass is 9.96. The molecule has 3 rings (SSSR count). The molecule has 0 aliphatic carbocycles. The van der Waals surface area contributed by atoms with Crippen LogP contribution in [0.4, 0.5) is 11.4 Å². The van der Waals surface area contributed by atoms with Crippen molar-refractivity contribution in [2.75, 3.05) is 24.6 Å². The van der Waals surface area contributed by atoms with E-state index in [0.717, 1.165) is 5.56 Å². The first kappa shape index (κ1) is 23.1. The summed E-state index contributed by atoms with van der Waals surface area (Å²) in [5.41, 5.74) is 1.32. The largest absolute Gasteiger partial charge is 0.481 e. The maximum Gasteiger partial charge on any atom is 0.309 e. The Hall–Kier alpha value is -3.62. The summed E-state index contributed by atoms with van der Waals surface area (Å²) in [7, 11) is 0. The molecule has 0 amide bonds. The van der Waals surface area contributed by atoms with E-state index in [1.165, 1.54) is 6.07 Å². The van der Waals surface area contributed by atoms with Gasteiger partial charge in [-0.05, 0) is 49.9 Å². The van der Waals surface area contributed by atoms with Gasteiger partial charge in [-0.25, -0.2) is 0 Å². The minimum absolute atomic E-state index is 0.0176. The van der Waals surface area contributed by atoms with Crippen LogP contribution in [0.25, 0.3) is 0 Å². The monoisotopic (exact) mass is 442 g/mol. The number of carbonyl (C=O) groups is 2. The van der Waals surface area contributed by atoms with Crippen molar-refractivity contribution in [3.8, 4) is 11.5 Å². The maximum atomic E-state index is 12.0. The molecule has 0 saturated carbocycles. The van der Waals surface area contributed by atoms with Gasteiger partial charge in [-0.1, -0.05) is 12.1 Å². The molecule has 1 aliphatic rings. The third kappa shape index (κ3) is 5.96. The Balaban J connectivity index is 1.72. The first-order chi connectivity index (χ1) is 15.4. The van der Waals surface area contributed by atoms with E-state index in [9.17, 15) is 19.7 Å². The second-order valence-electron chi connectivity index (χ2n) is 7.56. The smallest absolute Gasteiger partial charge is 0.309 e. The molecule has 1 aliphatic heterocycles. The van der Waals surface area contributed by atoms with Crippen LogP contribution in [0.5, 0.6) is 11.5 Å². The molecule has 2 aromatic carbocycles. The molecule has 1 saturated heterocycles. The average Bonchev–Trinajstić information content (AvgIpc) is 2.78. The fourth-order valence-corrected chi connectivity index (χ4v) is 3.70. The number of rotatable bonds is 9. The highest BCUT2D eigenvalue weighted by molar-refractivity contribution is 5.73. The number of aryl methyl sites for hydroxylation is 1. The van der Waals surface area contributed by atoms with Gasteiger partial charge in [0.05, 0.1) is 17.4 Å². The predicted octanol–water partition coefficient (Wildman–Crippen LogP) is 4.18. The van der Waals surface area contributed by atoms with Gasteiger partial charge in [-0.2, -0.15) is 0 Å². The average molecular weight is 442 g/mol. The van der Waals surface area contributed by atoms with Gasteiger partial charge in [-0.15, -0.1) is 0 Å². The topological polar surface area (TPSA) is 119 Å². The Bertz CT molecular complexity index is 967. The van der Waals surface area contributed by atoms with Gasteiger partial charge in [0.1, 0.15) is 17.2 Å². The van der Waals surface area contributed by atoms with E-state index in [4.69, 9.17) is 14.6 Å².